The fourth-order valence-electron chi connectivity index (χ4n) is 3.07. The van der Waals surface area contributed by atoms with Gasteiger partial charge in [-0.3, -0.25) is 9.69 Å². The quantitative estimate of drug-likeness (QED) is 0.806. The molecule has 2 aromatic rings. The van der Waals surface area contributed by atoms with Gasteiger partial charge in [0.05, 0.1) is 12.6 Å². The molecule has 2 unspecified atom stereocenters. The standard InChI is InChI=1S/C18H22ClN3OS.ClH/c1-13(17-7-4-10-24-17)21-18(23)12-22-9-8-20-11-16(22)14-5-2-3-6-15(14)19;/h2-7,10,13,16,20H,8-9,11-12H2,1H3,(H,21,23);1H. The zero-order chi connectivity index (χ0) is 16.9. The molecule has 136 valence electrons. The first-order chi connectivity index (χ1) is 11.6. The first-order valence-electron chi connectivity index (χ1n) is 8.17. The summed E-state index contributed by atoms with van der Waals surface area (Å²) in [5, 5.41) is 9.27. The Kier molecular flexibility index (Phi) is 7.72. The van der Waals surface area contributed by atoms with Crippen LogP contribution in [-0.2, 0) is 4.79 Å². The average Bonchev–Trinajstić information content (AvgIpc) is 3.11. The van der Waals surface area contributed by atoms with E-state index >= 15 is 0 Å². The van der Waals surface area contributed by atoms with Gasteiger partial charge in [0.25, 0.3) is 0 Å². The molecule has 25 heavy (non-hydrogen) atoms. The van der Waals surface area contributed by atoms with Gasteiger partial charge in [0.15, 0.2) is 0 Å². The van der Waals surface area contributed by atoms with E-state index in [1.54, 1.807) is 11.3 Å². The van der Waals surface area contributed by atoms with Crippen LogP contribution in [0.2, 0.25) is 5.02 Å². The Hall–Kier alpha value is -1.11. The fraction of sp³-hybridized carbons (Fsp3) is 0.389. The van der Waals surface area contributed by atoms with E-state index in [2.05, 4.69) is 15.5 Å². The minimum Gasteiger partial charge on any atom is -0.348 e. The normalized spacial score (nSPS) is 19.0. The summed E-state index contributed by atoms with van der Waals surface area (Å²) in [6.45, 7) is 4.92. The molecule has 1 aliphatic heterocycles. The van der Waals surface area contributed by atoms with E-state index in [9.17, 15) is 4.79 Å². The molecule has 1 aliphatic rings. The highest BCUT2D eigenvalue weighted by Crippen LogP contribution is 2.28. The van der Waals surface area contributed by atoms with Crippen molar-refractivity contribution in [3.63, 3.8) is 0 Å². The molecule has 1 fully saturated rings. The van der Waals surface area contributed by atoms with Crippen molar-refractivity contribution in [2.24, 2.45) is 0 Å². The Balaban J connectivity index is 0.00000225. The van der Waals surface area contributed by atoms with Crippen LogP contribution in [0.15, 0.2) is 41.8 Å². The van der Waals surface area contributed by atoms with E-state index in [0.29, 0.717) is 6.54 Å². The molecule has 0 aliphatic carbocycles. The predicted octanol–water partition coefficient (Wildman–Crippen LogP) is 3.65. The van der Waals surface area contributed by atoms with E-state index in [-0.39, 0.29) is 30.4 Å². The van der Waals surface area contributed by atoms with Crippen LogP contribution in [0.4, 0.5) is 0 Å². The zero-order valence-electron chi connectivity index (χ0n) is 14.1. The number of hydrogen-bond acceptors (Lipinski definition) is 4. The number of piperazine rings is 1. The van der Waals surface area contributed by atoms with Crippen molar-refractivity contribution in [2.75, 3.05) is 26.2 Å². The Morgan fingerprint density at radius 1 is 1.40 bits per heavy atom. The van der Waals surface area contributed by atoms with Crippen LogP contribution in [0.25, 0.3) is 0 Å². The molecular formula is C18H23Cl2N3OS. The van der Waals surface area contributed by atoms with Crippen molar-refractivity contribution in [2.45, 2.75) is 19.0 Å². The predicted molar refractivity (Wildman–Crippen MR) is 107 cm³/mol. The van der Waals surface area contributed by atoms with Gasteiger partial charge in [-0.15, -0.1) is 23.7 Å². The van der Waals surface area contributed by atoms with Crippen LogP contribution < -0.4 is 10.6 Å². The van der Waals surface area contributed by atoms with Gasteiger partial charge in [-0.1, -0.05) is 35.9 Å². The molecule has 1 amide bonds. The van der Waals surface area contributed by atoms with Crippen molar-refractivity contribution in [1.82, 2.24) is 15.5 Å². The molecule has 0 spiro atoms. The summed E-state index contributed by atoms with van der Waals surface area (Å²) in [5.74, 6) is 0.0508. The van der Waals surface area contributed by atoms with Gasteiger partial charge in [0.2, 0.25) is 5.91 Å². The summed E-state index contributed by atoms with van der Waals surface area (Å²) in [6, 6.07) is 12.1. The van der Waals surface area contributed by atoms with Gasteiger partial charge in [-0.2, -0.15) is 0 Å². The number of amides is 1. The molecule has 2 N–H and O–H groups in total. The first-order valence-corrected chi connectivity index (χ1v) is 9.43. The number of nitrogens with one attached hydrogen (secondary N) is 2. The highest BCUT2D eigenvalue weighted by atomic mass is 35.5. The molecule has 1 aromatic carbocycles. The van der Waals surface area contributed by atoms with Crippen LogP contribution in [0.3, 0.4) is 0 Å². The van der Waals surface area contributed by atoms with Crippen LogP contribution >= 0.6 is 35.3 Å². The number of thiophene rings is 1. The van der Waals surface area contributed by atoms with Crippen molar-refractivity contribution < 1.29 is 4.79 Å². The molecule has 2 atom stereocenters. The maximum atomic E-state index is 12.5. The van der Waals surface area contributed by atoms with Crippen molar-refractivity contribution in [1.29, 1.82) is 0 Å². The smallest absolute Gasteiger partial charge is 0.234 e. The zero-order valence-corrected chi connectivity index (χ0v) is 16.5. The highest BCUT2D eigenvalue weighted by molar-refractivity contribution is 7.10. The van der Waals surface area contributed by atoms with Gasteiger partial charge >= 0.3 is 0 Å². The number of halogens is 2. The van der Waals surface area contributed by atoms with Gasteiger partial charge in [0.1, 0.15) is 0 Å². The molecule has 0 bridgehead atoms. The second-order valence-electron chi connectivity index (χ2n) is 6.02. The average molecular weight is 400 g/mol. The van der Waals surface area contributed by atoms with Crippen molar-refractivity contribution in [3.05, 3.63) is 57.2 Å². The summed E-state index contributed by atoms with van der Waals surface area (Å²) < 4.78 is 0. The lowest BCUT2D eigenvalue weighted by Crippen LogP contribution is -2.49. The molecule has 4 nitrogen and oxygen atoms in total. The number of nitrogens with zero attached hydrogens (tertiary/aromatic N) is 1. The minimum atomic E-state index is 0. The van der Waals surface area contributed by atoms with Gasteiger partial charge in [-0.25, -0.2) is 0 Å². The van der Waals surface area contributed by atoms with Crippen LogP contribution in [0.1, 0.15) is 29.4 Å². The largest absolute Gasteiger partial charge is 0.348 e. The third-order valence-electron chi connectivity index (χ3n) is 4.31. The van der Waals surface area contributed by atoms with Gasteiger partial charge in [-0.05, 0) is 30.0 Å². The SMILES string of the molecule is CC(NC(=O)CN1CCNCC1c1ccccc1Cl)c1cccs1.Cl. The lowest BCUT2D eigenvalue weighted by atomic mass is 10.0. The first kappa shape index (κ1) is 20.2. The molecule has 0 saturated carbocycles. The Morgan fingerprint density at radius 3 is 2.92 bits per heavy atom. The highest BCUT2D eigenvalue weighted by Gasteiger charge is 2.27. The number of carbonyl (C=O) groups is 1. The number of rotatable bonds is 5. The van der Waals surface area contributed by atoms with E-state index < -0.39 is 0 Å². The number of carbonyl (C=O) groups excluding carboxylic acids is 1. The second kappa shape index (κ2) is 9.55. The third-order valence-corrected chi connectivity index (χ3v) is 5.71. The monoisotopic (exact) mass is 399 g/mol. The summed E-state index contributed by atoms with van der Waals surface area (Å²) >= 11 is 8.02. The van der Waals surface area contributed by atoms with Gasteiger partial charge < -0.3 is 10.6 Å². The van der Waals surface area contributed by atoms with Crippen LogP contribution in [0, 0.1) is 0 Å². The second-order valence-corrected chi connectivity index (χ2v) is 7.40. The minimum absolute atomic E-state index is 0. The molecule has 0 radical (unpaired) electrons. The van der Waals surface area contributed by atoms with E-state index in [1.165, 1.54) is 4.88 Å². The van der Waals surface area contributed by atoms with Crippen LogP contribution in [-0.4, -0.2) is 37.0 Å². The lowest BCUT2D eigenvalue weighted by Gasteiger charge is -2.36. The molecule has 7 heteroatoms. The topological polar surface area (TPSA) is 44.4 Å². The summed E-state index contributed by atoms with van der Waals surface area (Å²) in [6.07, 6.45) is 0. The summed E-state index contributed by atoms with van der Waals surface area (Å²) in [7, 11) is 0. The Bertz CT molecular complexity index is 681. The molecule has 1 aromatic heterocycles. The Labute approximate surface area is 164 Å². The van der Waals surface area contributed by atoms with E-state index in [0.717, 1.165) is 30.2 Å². The molecule has 2 heterocycles. The van der Waals surface area contributed by atoms with Crippen molar-refractivity contribution in [3.8, 4) is 0 Å². The summed E-state index contributed by atoms with van der Waals surface area (Å²) in [4.78, 5) is 15.9. The summed E-state index contributed by atoms with van der Waals surface area (Å²) in [5.41, 5.74) is 1.07. The van der Waals surface area contributed by atoms with Crippen molar-refractivity contribution >= 4 is 41.3 Å². The van der Waals surface area contributed by atoms with E-state index in [1.807, 2.05) is 48.7 Å². The maximum Gasteiger partial charge on any atom is 0.234 e. The molecule has 1 saturated heterocycles. The fourth-order valence-corrected chi connectivity index (χ4v) is 4.06. The number of hydrogen-bond donors (Lipinski definition) is 2. The lowest BCUT2D eigenvalue weighted by molar-refractivity contribution is -0.123. The Morgan fingerprint density at radius 2 is 2.20 bits per heavy atom. The third kappa shape index (κ3) is 5.19. The molecule has 3 rings (SSSR count). The van der Waals surface area contributed by atoms with Crippen LogP contribution in [0.5, 0.6) is 0 Å². The van der Waals surface area contributed by atoms with E-state index in [4.69, 9.17) is 11.6 Å². The maximum absolute atomic E-state index is 12.5. The number of benzene rings is 1. The van der Waals surface area contributed by atoms with Gasteiger partial charge in [0, 0.05) is 35.6 Å². The molecular weight excluding hydrogens is 377 g/mol.